The SMILES string of the molecule is COc1ccc(CN2CCC(c3nnc(-c4ccc(N(C)C)cc4)o3)C2)cc1. The van der Waals surface area contributed by atoms with Gasteiger partial charge in [0.05, 0.1) is 13.0 Å². The lowest BCUT2D eigenvalue weighted by atomic mass is 10.1. The Morgan fingerprint density at radius 1 is 1.07 bits per heavy atom. The maximum atomic E-state index is 6.00. The second kappa shape index (κ2) is 8.02. The van der Waals surface area contributed by atoms with E-state index in [4.69, 9.17) is 9.15 Å². The van der Waals surface area contributed by atoms with Crippen molar-refractivity contribution in [3.63, 3.8) is 0 Å². The van der Waals surface area contributed by atoms with E-state index in [1.165, 1.54) is 5.56 Å². The van der Waals surface area contributed by atoms with Crippen LogP contribution in [-0.4, -0.2) is 49.4 Å². The fourth-order valence-electron chi connectivity index (χ4n) is 3.59. The maximum absolute atomic E-state index is 6.00. The number of aromatic nitrogens is 2. The van der Waals surface area contributed by atoms with Gasteiger partial charge in [0.2, 0.25) is 11.8 Å². The first kappa shape index (κ1) is 18.5. The second-order valence-electron chi connectivity index (χ2n) is 7.46. The number of ether oxygens (including phenoxy) is 1. The molecule has 2 heterocycles. The number of benzene rings is 2. The third kappa shape index (κ3) is 4.02. The molecule has 4 rings (SSSR count). The molecule has 1 saturated heterocycles. The maximum Gasteiger partial charge on any atom is 0.247 e. The van der Waals surface area contributed by atoms with Crippen LogP contribution in [0.3, 0.4) is 0 Å². The molecule has 1 aromatic heterocycles. The Kier molecular flexibility index (Phi) is 5.30. The molecule has 1 atom stereocenters. The van der Waals surface area contributed by atoms with Gasteiger partial charge < -0.3 is 14.1 Å². The summed E-state index contributed by atoms with van der Waals surface area (Å²) in [6.45, 7) is 2.90. The van der Waals surface area contributed by atoms with Gasteiger partial charge in [0, 0.05) is 38.4 Å². The highest BCUT2D eigenvalue weighted by Crippen LogP contribution is 2.30. The predicted octanol–water partition coefficient (Wildman–Crippen LogP) is 3.80. The molecule has 1 fully saturated rings. The lowest BCUT2D eigenvalue weighted by Gasteiger charge is -2.15. The zero-order valence-corrected chi connectivity index (χ0v) is 16.6. The molecule has 2 aromatic carbocycles. The van der Waals surface area contributed by atoms with Crippen molar-refractivity contribution >= 4 is 5.69 Å². The van der Waals surface area contributed by atoms with Crippen molar-refractivity contribution in [2.24, 2.45) is 0 Å². The minimum Gasteiger partial charge on any atom is -0.497 e. The van der Waals surface area contributed by atoms with Crippen molar-refractivity contribution in [2.75, 3.05) is 39.2 Å². The monoisotopic (exact) mass is 378 g/mol. The summed E-state index contributed by atoms with van der Waals surface area (Å²) >= 11 is 0. The van der Waals surface area contributed by atoms with Gasteiger partial charge in [-0.25, -0.2) is 0 Å². The van der Waals surface area contributed by atoms with Crippen molar-refractivity contribution < 1.29 is 9.15 Å². The summed E-state index contributed by atoms with van der Waals surface area (Å²) < 4.78 is 11.2. The minimum absolute atomic E-state index is 0.292. The highest BCUT2D eigenvalue weighted by atomic mass is 16.5. The Hall–Kier alpha value is -2.86. The third-order valence-electron chi connectivity index (χ3n) is 5.26. The van der Waals surface area contributed by atoms with Gasteiger partial charge in [-0.15, -0.1) is 10.2 Å². The normalized spacial score (nSPS) is 17.0. The molecule has 0 bridgehead atoms. The number of likely N-dealkylation sites (tertiary alicyclic amines) is 1. The predicted molar refractivity (Wildman–Crippen MR) is 110 cm³/mol. The molecule has 0 spiro atoms. The van der Waals surface area contributed by atoms with Crippen LogP contribution in [-0.2, 0) is 6.54 Å². The average molecular weight is 378 g/mol. The van der Waals surface area contributed by atoms with Crippen LogP contribution in [0.1, 0.15) is 23.8 Å². The molecule has 1 unspecified atom stereocenters. The largest absolute Gasteiger partial charge is 0.497 e. The molecule has 0 amide bonds. The van der Waals surface area contributed by atoms with E-state index in [0.717, 1.165) is 48.9 Å². The fraction of sp³-hybridized carbons (Fsp3) is 0.364. The smallest absolute Gasteiger partial charge is 0.247 e. The Bertz CT molecular complexity index is 903. The van der Waals surface area contributed by atoms with Gasteiger partial charge in [-0.2, -0.15) is 0 Å². The van der Waals surface area contributed by atoms with Crippen LogP contribution < -0.4 is 9.64 Å². The average Bonchev–Trinajstić information content (AvgIpc) is 3.38. The number of nitrogens with zero attached hydrogens (tertiary/aromatic N) is 4. The molecule has 146 valence electrons. The van der Waals surface area contributed by atoms with Crippen LogP contribution in [0.15, 0.2) is 52.9 Å². The van der Waals surface area contributed by atoms with E-state index in [9.17, 15) is 0 Å². The second-order valence-corrected chi connectivity index (χ2v) is 7.46. The summed E-state index contributed by atoms with van der Waals surface area (Å²) in [6.07, 6.45) is 1.04. The van der Waals surface area contributed by atoms with E-state index in [1.807, 2.05) is 38.4 Å². The van der Waals surface area contributed by atoms with Crippen LogP contribution in [0.4, 0.5) is 5.69 Å². The summed E-state index contributed by atoms with van der Waals surface area (Å²) in [7, 11) is 5.74. The molecule has 0 saturated carbocycles. The fourth-order valence-corrected chi connectivity index (χ4v) is 3.59. The molecule has 1 aliphatic rings. The van der Waals surface area contributed by atoms with Gasteiger partial charge in [0.1, 0.15) is 5.75 Å². The first-order valence-corrected chi connectivity index (χ1v) is 9.59. The molecular weight excluding hydrogens is 352 g/mol. The highest BCUT2D eigenvalue weighted by Gasteiger charge is 2.28. The molecule has 6 nitrogen and oxygen atoms in total. The van der Waals surface area contributed by atoms with E-state index >= 15 is 0 Å². The van der Waals surface area contributed by atoms with Crippen LogP contribution in [0.5, 0.6) is 5.75 Å². The van der Waals surface area contributed by atoms with Crippen molar-refractivity contribution in [3.05, 3.63) is 60.0 Å². The van der Waals surface area contributed by atoms with Crippen LogP contribution in [0.2, 0.25) is 0 Å². The number of hydrogen-bond acceptors (Lipinski definition) is 6. The third-order valence-corrected chi connectivity index (χ3v) is 5.26. The summed E-state index contributed by atoms with van der Waals surface area (Å²) in [5.41, 5.74) is 3.39. The Labute approximate surface area is 165 Å². The van der Waals surface area contributed by atoms with Gasteiger partial charge in [-0.1, -0.05) is 12.1 Å². The number of anilines is 1. The Morgan fingerprint density at radius 2 is 1.82 bits per heavy atom. The molecule has 0 aliphatic carbocycles. The lowest BCUT2D eigenvalue weighted by molar-refractivity contribution is 0.320. The van der Waals surface area contributed by atoms with E-state index < -0.39 is 0 Å². The van der Waals surface area contributed by atoms with Crippen molar-refractivity contribution in [1.82, 2.24) is 15.1 Å². The first-order chi connectivity index (χ1) is 13.6. The Balaban J connectivity index is 1.39. The molecule has 1 aliphatic heterocycles. The quantitative estimate of drug-likeness (QED) is 0.650. The summed E-state index contributed by atoms with van der Waals surface area (Å²) in [5.74, 6) is 2.51. The number of hydrogen-bond donors (Lipinski definition) is 0. The molecule has 6 heteroatoms. The zero-order chi connectivity index (χ0) is 19.5. The van der Waals surface area contributed by atoms with Gasteiger partial charge in [-0.3, -0.25) is 4.90 Å². The van der Waals surface area contributed by atoms with Crippen molar-refractivity contribution in [1.29, 1.82) is 0 Å². The van der Waals surface area contributed by atoms with Crippen molar-refractivity contribution in [3.8, 4) is 17.2 Å². The van der Waals surface area contributed by atoms with Gasteiger partial charge >= 0.3 is 0 Å². The highest BCUT2D eigenvalue weighted by molar-refractivity contribution is 5.58. The van der Waals surface area contributed by atoms with E-state index in [2.05, 4.69) is 44.3 Å². The lowest BCUT2D eigenvalue weighted by Crippen LogP contribution is -2.19. The molecule has 0 N–H and O–H groups in total. The van der Waals surface area contributed by atoms with Crippen LogP contribution in [0.25, 0.3) is 11.5 Å². The van der Waals surface area contributed by atoms with Gasteiger partial charge in [0.25, 0.3) is 0 Å². The van der Waals surface area contributed by atoms with Gasteiger partial charge in [-0.05, 0) is 54.9 Å². The zero-order valence-electron chi connectivity index (χ0n) is 16.6. The van der Waals surface area contributed by atoms with E-state index in [0.29, 0.717) is 11.8 Å². The minimum atomic E-state index is 0.292. The number of methoxy groups -OCH3 is 1. The van der Waals surface area contributed by atoms with Crippen LogP contribution in [0, 0.1) is 0 Å². The van der Waals surface area contributed by atoms with Gasteiger partial charge in [0.15, 0.2) is 0 Å². The Morgan fingerprint density at radius 3 is 2.50 bits per heavy atom. The van der Waals surface area contributed by atoms with E-state index in [-0.39, 0.29) is 0 Å². The first-order valence-electron chi connectivity index (χ1n) is 9.59. The number of rotatable bonds is 6. The summed E-state index contributed by atoms with van der Waals surface area (Å²) in [5, 5.41) is 8.60. The molecule has 3 aromatic rings. The van der Waals surface area contributed by atoms with Crippen molar-refractivity contribution in [2.45, 2.75) is 18.9 Å². The van der Waals surface area contributed by atoms with Crippen LogP contribution >= 0.6 is 0 Å². The standard InChI is InChI=1S/C22H26N4O2/c1-25(2)19-8-6-17(7-9-19)21-23-24-22(28-21)18-12-13-26(15-18)14-16-4-10-20(27-3)11-5-16/h4-11,18H,12-15H2,1-3H3. The summed E-state index contributed by atoms with van der Waals surface area (Å²) in [6, 6.07) is 16.4. The molecule has 28 heavy (non-hydrogen) atoms. The topological polar surface area (TPSA) is 54.6 Å². The van der Waals surface area contributed by atoms with E-state index in [1.54, 1.807) is 7.11 Å². The summed E-state index contributed by atoms with van der Waals surface area (Å²) in [4.78, 5) is 4.50. The molecule has 0 radical (unpaired) electrons. The molecular formula is C22H26N4O2.